The summed E-state index contributed by atoms with van der Waals surface area (Å²) < 4.78 is 0. The molecule has 204 valence electrons. The Hall–Kier alpha value is -3.74. The smallest absolute Gasteiger partial charge is 0.227 e. The van der Waals surface area contributed by atoms with E-state index in [-0.39, 0.29) is 23.7 Å². The molecule has 0 spiro atoms. The van der Waals surface area contributed by atoms with Crippen molar-refractivity contribution in [3.8, 4) is 0 Å². The molecular formula is C32H39N5O2. The summed E-state index contributed by atoms with van der Waals surface area (Å²) in [6, 6.07) is 17.1. The second kappa shape index (κ2) is 12.0. The maximum atomic E-state index is 13.1. The Balaban J connectivity index is 1.16. The number of aryl methyl sites for hydroxylation is 1. The van der Waals surface area contributed by atoms with E-state index < -0.39 is 0 Å². The minimum absolute atomic E-state index is 0.00404. The second-order valence-electron chi connectivity index (χ2n) is 11.1. The first-order valence-electron chi connectivity index (χ1n) is 14.2. The number of anilines is 2. The second-order valence-corrected chi connectivity index (χ2v) is 11.1. The van der Waals surface area contributed by atoms with E-state index in [1.165, 1.54) is 24.1 Å². The predicted octanol–water partition coefficient (Wildman–Crippen LogP) is 5.30. The Morgan fingerprint density at radius 1 is 0.872 bits per heavy atom. The first kappa shape index (κ1) is 26.9. The van der Waals surface area contributed by atoms with Crippen molar-refractivity contribution in [1.29, 1.82) is 0 Å². The van der Waals surface area contributed by atoms with Crippen LogP contribution in [0, 0.1) is 0 Å². The molecule has 0 aliphatic heterocycles. The number of rotatable bonds is 8. The zero-order chi connectivity index (χ0) is 27.4. The summed E-state index contributed by atoms with van der Waals surface area (Å²) in [5, 5.41) is 6.84. The quantitative estimate of drug-likeness (QED) is 0.389. The molecule has 1 atom stereocenters. The van der Waals surface area contributed by atoms with E-state index in [4.69, 9.17) is 9.97 Å². The molecule has 2 aliphatic carbocycles. The van der Waals surface area contributed by atoms with Crippen molar-refractivity contribution in [2.24, 2.45) is 0 Å². The number of amides is 1. The highest BCUT2D eigenvalue weighted by Gasteiger charge is 2.26. The molecule has 0 radical (unpaired) electrons. The minimum atomic E-state index is -0.335. The van der Waals surface area contributed by atoms with Crippen LogP contribution in [0.1, 0.15) is 84.1 Å². The average molecular weight is 526 g/mol. The number of aromatic nitrogens is 2. The third-order valence-electron chi connectivity index (χ3n) is 8.07. The van der Waals surface area contributed by atoms with Crippen LogP contribution < -0.4 is 15.5 Å². The van der Waals surface area contributed by atoms with Crippen LogP contribution in [0.5, 0.6) is 0 Å². The molecule has 1 aromatic heterocycles. The van der Waals surface area contributed by atoms with Crippen LogP contribution in [0.3, 0.4) is 0 Å². The topological polar surface area (TPSA) is 87.2 Å². The van der Waals surface area contributed by atoms with Crippen LogP contribution in [-0.2, 0) is 17.6 Å². The molecule has 1 heterocycles. The van der Waals surface area contributed by atoms with Crippen LogP contribution in [0.4, 0.5) is 11.8 Å². The summed E-state index contributed by atoms with van der Waals surface area (Å²) in [4.78, 5) is 37.8. The molecule has 1 saturated carbocycles. The summed E-state index contributed by atoms with van der Waals surface area (Å²) in [6.45, 7) is 1.91. The van der Waals surface area contributed by atoms with Gasteiger partial charge in [-0.1, -0.05) is 48.5 Å². The molecule has 2 aromatic carbocycles. The van der Waals surface area contributed by atoms with Gasteiger partial charge in [-0.05, 0) is 69.9 Å². The molecule has 2 aliphatic rings. The molecule has 1 amide bonds. The van der Waals surface area contributed by atoms with Crippen molar-refractivity contribution in [1.82, 2.24) is 15.3 Å². The number of hydrogen-bond donors (Lipinski definition) is 2. The van der Waals surface area contributed by atoms with Crippen LogP contribution >= 0.6 is 0 Å². The van der Waals surface area contributed by atoms with Gasteiger partial charge in [0.1, 0.15) is 5.82 Å². The third-order valence-corrected chi connectivity index (χ3v) is 8.07. The van der Waals surface area contributed by atoms with Crippen LogP contribution in [0.15, 0.2) is 54.6 Å². The van der Waals surface area contributed by atoms with E-state index in [2.05, 4.69) is 15.5 Å². The first-order chi connectivity index (χ1) is 18.9. The lowest BCUT2D eigenvalue weighted by Crippen LogP contribution is -2.41. The number of nitrogens with zero attached hydrogens (tertiary/aromatic N) is 3. The molecular weight excluding hydrogens is 486 g/mol. The van der Waals surface area contributed by atoms with Crippen molar-refractivity contribution in [3.63, 3.8) is 0 Å². The summed E-state index contributed by atoms with van der Waals surface area (Å²) in [6.07, 6.45) is 8.20. The van der Waals surface area contributed by atoms with Crippen molar-refractivity contribution >= 4 is 23.5 Å². The van der Waals surface area contributed by atoms with E-state index >= 15 is 0 Å². The lowest BCUT2D eigenvalue weighted by molar-refractivity contribution is -0.123. The fraction of sp³-hybridized carbons (Fsp3) is 0.438. The summed E-state index contributed by atoms with van der Waals surface area (Å²) >= 11 is 0. The number of fused-ring (bicyclic) bond motifs is 1. The average Bonchev–Trinajstić information content (AvgIpc) is 2.97. The number of benzene rings is 2. The van der Waals surface area contributed by atoms with E-state index in [9.17, 15) is 9.59 Å². The van der Waals surface area contributed by atoms with Crippen LogP contribution in [0.2, 0.25) is 0 Å². The number of hydrogen-bond acceptors (Lipinski definition) is 6. The highest BCUT2D eigenvalue weighted by Crippen LogP contribution is 2.29. The fourth-order valence-corrected chi connectivity index (χ4v) is 5.76. The molecule has 7 heteroatoms. The van der Waals surface area contributed by atoms with Gasteiger partial charge in [-0.3, -0.25) is 9.59 Å². The van der Waals surface area contributed by atoms with Crippen LogP contribution in [0.25, 0.3) is 0 Å². The lowest BCUT2D eigenvalue weighted by atomic mass is 9.90. The van der Waals surface area contributed by atoms with E-state index in [0.717, 1.165) is 55.9 Å². The summed E-state index contributed by atoms with van der Waals surface area (Å²) in [7, 11) is 4.10. The van der Waals surface area contributed by atoms with Gasteiger partial charge in [0.15, 0.2) is 5.78 Å². The van der Waals surface area contributed by atoms with Gasteiger partial charge >= 0.3 is 0 Å². The molecule has 0 bridgehead atoms. The van der Waals surface area contributed by atoms with Gasteiger partial charge in [-0.2, -0.15) is 4.98 Å². The predicted molar refractivity (Wildman–Crippen MR) is 156 cm³/mol. The minimum Gasteiger partial charge on any atom is -0.362 e. The van der Waals surface area contributed by atoms with Crippen LogP contribution in [-0.4, -0.2) is 47.8 Å². The monoisotopic (exact) mass is 525 g/mol. The van der Waals surface area contributed by atoms with Gasteiger partial charge in [-0.25, -0.2) is 4.98 Å². The van der Waals surface area contributed by atoms with Crippen molar-refractivity contribution in [2.75, 3.05) is 24.3 Å². The maximum Gasteiger partial charge on any atom is 0.227 e. The largest absolute Gasteiger partial charge is 0.362 e. The van der Waals surface area contributed by atoms with Gasteiger partial charge in [0, 0.05) is 42.9 Å². The molecule has 7 nitrogen and oxygen atoms in total. The number of carbonyl (C=O) groups excluding carboxylic acids is 2. The number of ketones is 1. The van der Waals surface area contributed by atoms with E-state index in [0.29, 0.717) is 17.2 Å². The van der Waals surface area contributed by atoms with Gasteiger partial charge in [0.05, 0.1) is 11.6 Å². The van der Waals surface area contributed by atoms with Gasteiger partial charge < -0.3 is 15.5 Å². The highest BCUT2D eigenvalue weighted by atomic mass is 16.2. The van der Waals surface area contributed by atoms with Crippen molar-refractivity contribution in [2.45, 2.75) is 76.3 Å². The zero-order valence-electron chi connectivity index (χ0n) is 23.2. The Kier molecular flexibility index (Phi) is 8.24. The summed E-state index contributed by atoms with van der Waals surface area (Å²) in [5.41, 5.74) is 4.59. The molecule has 39 heavy (non-hydrogen) atoms. The lowest BCUT2D eigenvalue weighted by Gasteiger charge is -2.31. The van der Waals surface area contributed by atoms with E-state index in [1.54, 1.807) is 0 Å². The molecule has 2 N–H and O–H groups in total. The molecule has 0 unspecified atom stereocenters. The Morgan fingerprint density at radius 2 is 1.56 bits per heavy atom. The maximum absolute atomic E-state index is 13.1. The van der Waals surface area contributed by atoms with Crippen molar-refractivity contribution in [3.05, 3.63) is 82.5 Å². The van der Waals surface area contributed by atoms with E-state index in [1.807, 2.05) is 75.6 Å². The van der Waals surface area contributed by atoms with Gasteiger partial charge in [0.2, 0.25) is 11.9 Å². The molecule has 5 rings (SSSR count). The number of nitrogens with one attached hydrogen (secondary N) is 2. The van der Waals surface area contributed by atoms with Crippen molar-refractivity contribution < 1.29 is 9.59 Å². The molecule has 0 saturated heterocycles. The fourth-order valence-electron chi connectivity index (χ4n) is 5.76. The third kappa shape index (κ3) is 6.29. The molecule has 3 aromatic rings. The zero-order valence-corrected chi connectivity index (χ0v) is 23.2. The number of carbonyl (C=O) groups is 2. The molecule has 1 fully saturated rings. The standard InChI is InChI=1S/C32H39N5O2/c1-21(23-12-9-13-24(20-23)29(38)22-10-5-4-6-11-22)31(39)33-25-16-18-26(19-17-25)34-32-35-28-15-8-7-14-27(28)30(36-32)37(2)3/h4-6,9-13,20-21,25-26H,7-8,14-19H2,1-3H3,(H,33,39)(H,34,35,36)/t21-,25-,26+/m0/s1. The summed E-state index contributed by atoms with van der Waals surface area (Å²) in [5.74, 6) is 1.40. The Bertz CT molecular complexity index is 1320. The van der Waals surface area contributed by atoms with Gasteiger partial charge in [0.25, 0.3) is 0 Å². The first-order valence-corrected chi connectivity index (χ1v) is 14.2. The Morgan fingerprint density at radius 3 is 2.31 bits per heavy atom. The van der Waals surface area contributed by atoms with Gasteiger partial charge in [-0.15, -0.1) is 0 Å². The highest BCUT2D eigenvalue weighted by molar-refractivity contribution is 6.09. The Labute approximate surface area is 231 Å². The SMILES string of the molecule is C[C@H](C(=O)N[C@H]1CC[C@@H](Nc2nc3c(c(N(C)C)n2)CCCC3)CC1)c1cccc(C(=O)c2ccccc2)c1. The normalized spacial score (nSPS) is 19.5.